The lowest BCUT2D eigenvalue weighted by Gasteiger charge is -2.07. The highest BCUT2D eigenvalue weighted by molar-refractivity contribution is 7.90. The molecule has 0 radical (unpaired) electrons. The maximum absolute atomic E-state index is 13.1. The largest absolute Gasteiger partial charge is 0.319 e. The average Bonchev–Trinajstić information content (AvgIpc) is 2.96. The molecular weight excluding hydrogens is 375 g/mol. The second-order valence-corrected chi connectivity index (χ2v) is 6.85. The number of carbonyl (C=O) groups excluding carboxylic acids is 1. The van der Waals surface area contributed by atoms with E-state index in [-0.39, 0.29) is 17.3 Å². The Hall–Kier alpha value is -3.31. The molecule has 0 saturated heterocycles. The van der Waals surface area contributed by atoms with Crippen LogP contribution in [0.2, 0.25) is 0 Å². The fourth-order valence-corrected chi connectivity index (χ4v) is 2.78. The molecule has 9 nitrogen and oxygen atoms in total. The van der Waals surface area contributed by atoms with Crippen molar-refractivity contribution in [3.8, 4) is 5.69 Å². The molecule has 0 aliphatic carbocycles. The van der Waals surface area contributed by atoms with E-state index in [9.17, 15) is 17.6 Å². The Morgan fingerprint density at radius 2 is 1.81 bits per heavy atom. The summed E-state index contributed by atoms with van der Waals surface area (Å²) in [5.41, 5.74) is 1.07. The molecule has 1 heterocycles. The summed E-state index contributed by atoms with van der Waals surface area (Å²) in [7, 11) is -3.93. The number of amides is 1. The topological polar surface area (TPSA) is 132 Å². The number of hydrogen-bond donors (Lipinski definition) is 3. The highest BCUT2D eigenvalue weighted by Crippen LogP contribution is 2.17. The summed E-state index contributed by atoms with van der Waals surface area (Å²) in [6, 6.07) is 11.6. The molecule has 140 valence electrons. The SMILES string of the molecule is Cc1nc(C(=O)Nc2cccc(NS(N)(=O)=O)c2)nn1-c1ccc(F)cc1. The van der Waals surface area contributed by atoms with Gasteiger partial charge in [-0.05, 0) is 49.4 Å². The average molecular weight is 390 g/mol. The number of nitrogens with one attached hydrogen (secondary N) is 2. The minimum Gasteiger partial charge on any atom is -0.319 e. The first-order chi connectivity index (χ1) is 12.7. The number of hydrogen-bond acceptors (Lipinski definition) is 5. The summed E-state index contributed by atoms with van der Waals surface area (Å²) in [4.78, 5) is 16.5. The Morgan fingerprint density at radius 1 is 1.15 bits per heavy atom. The van der Waals surface area contributed by atoms with Crippen molar-refractivity contribution in [1.82, 2.24) is 14.8 Å². The molecule has 0 fully saturated rings. The van der Waals surface area contributed by atoms with Crippen LogP contribution in [0.25, 0.3) is 5.69 Å². The van der Waals surface area contributed by atoms with Gasteiger partial charge in [0, 0.05) is 5.69 Å². The van der Waals surface area contributed by atoms with Crippen molar-refractivity contribution in [3.05, 3.63) is 66.0 Å². The summed E-state index contributed by atoms with van der Waals surface area (Å²) in [5, 5.41) is 11.6. The third-order valence-electron chi connectivity index (χ3n) is 3.42. The first kappa shape index (κ1) is 18.5. The normalized spacial score (nSPS) is 11.2. The van der Waals surface area contributed by atoms with Crippen molar-refractivity contribution in [2.45, 2.75) is 6.92 Å². The Bertz CT molecular complexity index is 1100. The van der Waals surface area contributed by atoms with Gasteiger partial charge in [0.05, 0.1) is 11.4 Å². The molecule has 1 amide bonds. The van der Waals surface area contributed by atoms with Gasteiger partial charge < -0.3 is 5.32 Å². The number of benzene rings is 2. The zero-order valence-corrected chi connectivity index (χ0v) is 14.9. The quantitative estimate of drug-likeness (QED) is 0.608. The second-order valence-electron chi connectivity index (χ2n) is 5.55. The molecule has 0 unspecified atom stereocenters. The van der Waals surface area contributed by atoms with E-state index in [2.05, 4.69) is 20.1 Å². The predicted molar refractivity (Wildman–Crippen MR) is 97.2 cm³/mol. The molecule has 4 N–H and O–H groups in total. The van der Waals surface area contributed by atoms with Crippen LogP contribution in [0.4, 0.5) is 15.8 Å². The van der Waals surface area contributed by atoms with E-state index in [1.165, 1.54) is 41.1 Å². The van der Waals surface area contributed by atoms with Gasteiger partial charge in [-0.3, -0.25) is 9.52 Å². The van der Waals surface area contributed by atoms with Gasteiger partial charge in [-0.1, -0.05) is 6.07 Å². The van der Waals surface area contributed by atoms with Crippen LogP contribution in [0.5, 0.6) is 0 Å². The number of halogens is 1. The highest BCUT2D eigenvalue weighted by atomic mass is 32.2. The van der Waals surface area contributed by atoms with E-state index in [1.54, 1.807) is 19.1 Å². The predicted octanol–water partition coefficient (Wildman–Crippen LogP) is 1.58. The lowest BCUT2D eigenvalue weighted by molar-refractivity contribution is 0.101. The monoisotopic (exact) mass is 390 g/mol. The minimum absolute atomic E-state index is 0.0957. The molecule has 0 saturated carbocycles. The number of nitrogens with zero attached hydrogens (tertiary/aromatic N) is 3. The molecule has 0 aliphatic rings. The number of nitrogens with two attached hydrogens (primary N) is 1. The minimum atomic E-state index is -3.93. The molecule has 3 rings (SSSR count). The Morgan fingerprint density at radius 3 is 2.48 bits per heavy atom. The highest BCUT2D eigenvalue weighted by Gasteiger charge is 2.16. The van der Waals surface area contributed by atoms with Gasteiger partial charge in [0.25, 0.3) is 16.1 Å². The first-order valence-electron chi connectivity index (χ1n) is 7.63. The first-order valence-corrected chi connectivity index (χ1v) is 9.17. The van der Waals surface area contributed by atoms with Crippen LogP contribution in [0.15, 0.2) is 48.5 Å². The van der Waals surface area contributed by atoms with Crippen molar-refractivity contribution in [3.63, 3.8) is 0 Å². The zero-order valence-electron chi connectivity index (χ0n) is 14.0. The van der Waals surface area contributed by atoms with Gasteiger partial charge in [0.1, 0.15) is 11.6 Å². The Labute approximate surface area is 154 Å². The third kappa shape index (κ3) is 4.65. The number of anilines is 2. The summed E-state index contributed by atoms with van der Waals surface area (Å²) in [6.45, 7) is 1.66. The molecule has 0 aliphatic heterocycles. The van der Waals surface area contributed by atoms with Crippen molar-refractivity contribution < 1.29 is 17.6 Å². The molecule has 27 heavy (non-hydrogen) atoms. The summed E-state index contributed by atoms with van der Waals surface area (Å²) in [5.74, 6) is -0.632. The summed E-state index contributed by atoms with van der Waals surface area (Å²) in [6.07, 6.45) is 0. The van der Waals surface area contributed by atoms with Crippen LogP contribution < -0.4 is 15.2 Å². The molecular formula is C16H15FN6O3S. The van der Waals surface area contributed by atoms with Gasteiger partial charge in [0.2, 0.25) is 5.82 Å². The number of rotatable bonds is 5. The second kappa shape index (κ2) is 7.13. The smallest absolute Gasteiger partial charge is 0.296 e. The molecule has 1 aromatic heterocycles. The molecule has 0 bridgehead atoms. The maximum Gasteiger partial charge on any atom is 0.296 e. The van der Waals surface area contributed by atoms with Gasteiger partial charge >= 0.3 is 0 Å². The number of aromatic nitrogens is 3. The van der Waals surface area contributed by atoms with E-state index in [1.807, 2.05) is 0 Å². The van der Waals surface area contributed by atoms with E-state index in [0.717, 1.165) is 0 Å². The van der Waals surface area contributed by atoms with E-state index >= 15 is 0 Å². The maximum atomic E-state index is 13.1. The van der Waals surface area contributed by atoms with Crippen LogP contribution in [-0.2, 0) is 10.2 Å². The van der Waals surface area contributed by atoms with Crippen LogP contribution in [0.3, 0.4) is 0 Å². The number of aryl methyl sites for hydroxylation is 1. The van der Waals surface area contributed by atoms with Crippen LogP contribution >= 0.6 is 0 Å². The molecule has 2 aromatic carbocycles. The van der Waals surface area contributed by atoms with Gasteiger partial charge in [-0.25, -0.2) is 19.2 Å². The van der Waals surface area contributed by atoms with E-state index in [0.29, 0.717) is 17.2 Å². The van der Waals surface area contributed by atoms with Crippen molar-refractivity contribution in [2.24, 2.45) is 5.14 Å². The Kier molecular flexibility index (Phi) is 4.88. The number of carbonyl (C=O) groups is 1. The lowest BCUT2D eigenvalue weighted by Crippen LogP contribution is -2.21. The van der Waals surface area contributed by atoms with E-state index < -0.39 is 16.1 Å². The van der Waals surface area contributed by atoms with Gasteiger partial charge in [-0.2, -0.15) is 8.42 Å². The summed E-state index contributed by atoms with van der Waals surface area (Å²) >= 11 is 0. The van der Waals surface area contributed by atoms with Crippen molar-refractivity contribution in [1.29, 1.82) is 0 Å². The lowest BCUT2D eigenvalue weighted by atomic mass is 10.3. The van der Waals surface area contributed by atoms with Crippen LogP contribution in [0.1, 0.15) is 16.4 Å². The fraction of sp³-hybridized carbons (Fsp3) is 0.0625. The van der Waals surface area contributed by atoms with Gasteiger partial charge in [-0.15, -0.1) is 5.10 Å². The zero-order chi connectivity index (χ0) is 19.6. The van der Waals surface area contributed by atoms with Crippen molar-refractivity contribution >= 4 is 27.5 Å². The molecule has 11 heteroatoms. The summed E-state index contributed by atoms with van der Waals surface area (Å²) < 4.78 is 38.7. The van der Waals surface area contributed by atoms with E-state index in [4.69, 9.17) is 5.14 Å². The Balaban J connectivity index is 1.80. The van der Waals surface area contributed by atoms with Crippen molar-refractivity contribution in [2.75, 3.05) is 10.0 Å². The molecule has 0 spiro atoms. The fourth-order valence-electron chi connectivity index (χ4n) is 2.32. The molecule has 0 atom stereocenters. The van der Waals surface area contributed by atoms with Crippen LogP contribution in [-0.4, -0.2) is 29.1 Å². The standard InChI is InChI=1S/C16H15FN6O3S/c1-10-19-15(21-23(10)14-7-5-11(17)6-8-14)16(24)20-12-3-2-4-13(9-12)22-27(18,25)26/h2-9,22H,1H3,(H,20,24)(H2,18,25,26). The van der Waals surface area contributed by atoms with Gasteiger partial charge in [0.15, 0.2) is 0 Å². The third-order valence-corrected chi connectivity index (χ3v) is 3.94. The molecule has 3 aromatic rings. The van der Waals surface area contributed by atoms with Crippen LogP contribution in [0, 0.1) is 12.7 Å².